The molecule has 3 aromatic carbocycles. The lowest BCUT2D eigenvalue weighted by molar-refractivity contribution is -0.115. The lowest BCUT2D eigenvalue weighted by atomic mass is 10.0. The fourth-order valence-corrected chi connectivity index (χ4v) is 4.01. The Morgan fingerprint density at radius 3 is 2.32 bits per heavy atom. The van der Waals surface area contributed by atoms with Gasteiger partial charge in [-0.2, -0.15) is 0 Å². The van der Waals surface area contributed by atoms with E-state index >= 15 is 0 Å². The van der Waals surface area contributed by atoms with Gasteiger partial charge >= 0.3 is 0 Å². The number of ketones is 1. The number of nitrogens with one attached hydrogen (secondary N) is 1. The van der Waals surface area contributed by atoms with Crippen molar-refractivity contribution in [1.29, 1.82) is 0 Å². The van der Waals surface area contributed by atoms with Crippen molar-refractivity contribution in [1.82, 2.24) is 0 Å². The van der Waals surface area contributed by atoms with E-state index in [-0.39, 0.29) is 11.7 Å². The van der Waals surface area contributed by atoms with E-state index < -0.39 is 5.25 Å². The van der Waals surface area contributed by atoms with Crippen LogP contribution in [0.25, 0.3) is 0 Å². The number of hydrogen-bond donors (Lipinski definition) is 1. The van der Waals surface area contributed by atoms with Crippen LogP contribution in [-0.2, 0) is 4.79 Å². The summed E-state index contributed by atoms with van der Waals surface area (Å²) in [7, 11) is 3.13. The van der Waals surface area contributed by atoms with E-state index in [1.165, 1.54) is 11.8 Å². The predicted molar refractivity (Wildman–Crippen MR) is 125 cm³/mol. The SMILES string of the molecule is COc1ccc(S[C@@H](C)C(=O)Nc2ccc(Cl)cc2C(=O)c2ccccc2)cc1OC. The van der Waals surface area contributed by atoms with Gasteiger partial charge in [0.25, 0.3) is 0 Å². The second-order valence-corrected chi connectivity index (χ2v) is 8.50. The van der Waals surface area contributed by atoms with Crippen LogP contribution in [-0.4, -0.2) is 31.2 Å². The largest absolute Gasteiger partial charge is 0.493 e. The summed E-state index contributed by atoms with van der Waals surface area (Å²) in [5.74, 6) is 0.769. The molecule has 1 amide bonds. The van der Waals surface area contributed by atoms with Crippen molar-refractivity contribution in [3.63, 3.8) is 0 Å². The van der Waals surface area contributed by atoms with Crippen LogP contribution in [0.15, 0.2) is 71.6 Å². The first kappa shape index (κ1) is 22.7. The van der Waals surface area contributed by atoms with Crippen LogP contribution in [0.1, 0.15) is 22.8 Å². The van der Waals surface area contributed by atoms with Crippen LogP contribution in [0, 0.1) is 0 Å². The Morgan fingerprint density at radius 2 is 1.65 bits per heavy atom. The van der Waals surface area contributed by atoms with Crippen LogP contribution in [0.5, 0.6) is 11.5 Å². The Kier molecular flexibility index (Phi) is 7.60. The second-order valence-electron chi connectivity index (χ2n) is 6.65. The average Bonchev–Trinajstić information content (AvgIpc) is 2.80. The van der Waals surface area contributed by atoms with Gasteiger partial charge in [0.05, 0.1) is 25.2 Å². The van der Waals surface area contributed by atoms with Crippen molar-refractivity contribution < 1.29 is 19.1 Å². The van der Waals surface area contributed by atoms with Crippen molar-refractivity contribution in [2.24, 2.45) is 0 Å². The first-order valence-corrected chi connectivity index (χ1v) is 10.8. The van der Waals surface area contributed by atoms with Crippen molar-refractivity contribution >= 4 is 40.7 Å². The first-order chi connectivity index (χ1) is 14.9. The normalized spacial score (nSPS) is 11.5. The molecule has 160 valence electrons. The molecule has 0 bridgehead atoms. The van der Waals surface area contributed by atoms with E-state index in [0.717, 1.165) is 4.90 Å². The van der Waals surface area contributed by atoms with Gasteiger partial charge in [0, 0.05) is 21.0 Å². The number of carbonyl (C=O) groups is 2. The Hall–Kier alpha value is -2.96. The van der Waals surface area contributed by atoms with Crippen LogP contribution < -0.4 is 14.8 Å². The summed E-state index contributed by atoms with van der Waals surface area (Å²) in [6.07, 6.45) is 0. The highest BCUT2D eigenvalue weighted by atomic mass is 35.5. The van der Waals surface area contributed by atoms with Gasteiger partial charge in [0.1, 0.15) is 0 Å². The number of rotatable bonds is 8. The predicted octanol–water partition coefficient (Wildman–Crippen LogP) is 5.71. The molecule has 0 radical (unpaired) electrons. The van der Waals surface area contributed by atoms with E-state index in [2.05, 4.69) is 5.32 Å². The van der Waals surface area contributed by atoms with Crippen molar-refractivity contribution in [2.45, 2.75) is 17.1 Å². The summed E-state index contributed by atoms with van der Waals surface area (Å²) in [6.45, 7) is 1.80. The molecular formula is C24H22ClNO4S. The second kappa shape index (κ2) is 10.4. The van der Waals surface area contributed by atoms with Crippen LogP contribution in [0.3, 0.4) is 0 Å². The molecule has 7 heteroatoms. The van der Waals surface area contributed by atoms with Gasteiger partial charge in [-0.05, 0) is 43.3 Å². The highest BCUT2D eigenvalue weighted by Gasteiger charge is 2.20. The molecule has 1 atom stereocenters. The van der Waals surface area contributed by atoms with Crippen LogP contribution >= 0.6 is 23.4 Å². The number of halogens is 1. The highest BCUT2D eigenvalue weighted by molar-refractivity contribution is 8.00. The summed E-state index contributed by atoms with van der Waals surface area (Å²) in [6, 6.07) is 19.2. The van der Waals surface area contributed by atoms with Crippen LogP contribution in [0.2, 0.25) is 5.02 Å². The Bertz CT molecular complexity index is 1090. The Morgan fingerprint density at radius 1 is 0.935 bits per heavy atom. The maximum Gasteiger partial charge on any atom is 0.237 e. The van der Waals surface area contributed by atoms with E-state index in [9.17, 15) is 9.59 Å². The summed E-state index contributed by atoms with van der Waals surface area (Å²) in [5.41, 5.74) is 1.28. The minimum atomic E-state index is -0.423. The molecule has 0 saturated carbocycles. The smallest absolute Gasteiger partial charge is 0.237 e. The van der Waals surface area contributed by atoms with Gasteiger partial charge in [-0.3, -0.25) is 9.59 Å². The fourth-order valence-electron chi connectivity index (χ4n) is 2.94. The topological polar surface area (TPSA) is 64.6 Å². The minimum Gasteiger partial charge on any atom is -0.493 e. The van der Waals surface area contributed by atoms with Gasteiger partial charge < -0.3 is 14.8 Å². The molecule has 3 rings (SSSR count). The van der Waals surface area contributed by atoms with E-state index in [0.29, 0.717) is 33.3 Å². The third kappa shape index (κ3) is 5.60. The number of amides is 1. The van der Waals surface area contributed by atoms with Crippen LogP contribution in [0.4, 0.5) is 5.69 Å². The quantitative estimate of drug-likeness (QED) is 0.348. The van der Waals surface area contributed by atoms with Crippen molar-refractivity contribution in [2.75, 3.05) is 19.5 Å². The first-order valence-electron chi connectivity index (χ1n) is 9.51. The van der Waals surface area contributed by atoms with Gasteiger partial charge in [-0.25, -0.2) is 0 Å². The summed E-state index contributed by atoms with van der Waals surface area (Å²) < 4.78 is 10.6. The molecule has 0 heterocycles. The average molecular weight is 456 g/mol. The summed E-state index contributed by atoms with van der Waals surface area (Å²) >= 11 is 7.49. The van der Waals surface area contributed by atoms with Gasteiger partial charge in [-0.1, -0.05) is 41.9 Å². The zero-order valence-corrected chi connectivity index (χ0v) is 18.9. The van der Waals surface area contributed by atoms with Gasteiger partial charge in [-0.15, -0.1) is 11.8 Å². The standard InChI is InChI=1S/C24H22ClNO4S/c1-15(31-18-10-12-21(29-2)22(14-18)30-3)24(28)26-20-11-9-17(25)13-19(20)23(27)16-7-5-4-6-8-16/h4-15H,1-3H3,(H,26,28)/t15-/m0/s1. The number of anilines is 1. The summed E-state index contributed by atoms with van der Waals surface area (Å²) in [5, 5.41) is 2.86. The molecule has 0 aliphatic rings. The third-order valence-electron chi connectivity index (χ3n) is 4.56. The number of methoxy groups -OCH3 is 2. The molecule has 1 N–H and O–H groups in total. The number of ether oxygens (including phenoxy) is 2. The van der Waals surface area contributed by atoms with E-state index in [4.69, 9.17) is 21.1 Å². The molecule has 5 nitrogen and oxygen atoms in total. The third-order valence-corrected chi connectivity index (χ3v) is 5.89. The minimum absolute atomic E-state index is 0.210. The molecule has 0 unspecified atom stereocenters. The molecule has 0 spiro atoms. The molecule has 0 fully saturated rings. The van der Waals surface area contributed by atoms with E-state index in [1.807, 2.05) is 18.2 Å². The molecular weight excluding hydrogens is 434 g/mol. The zero-order chi connectivity index (χ0) is 22.4. The van der Waals surface area contributed by atoms with Crippen molar-refractivity contribution in [3.05, 3.63) is 82.9 Å². The van der Waals surface area contributed by atoms with Crippen molar-refractivity contribution in [3.8, 4) is 11.5 Å². The lowest BCUT2D eigenvalue weighted by Gasteiger charge is -2.16. The lowest BCUT2D eigenvalue weighted by Crippen LogP contribution is -2.23. The fraction of sp³-hybridized carbons (Fsp3) is 0.167. The number of hydrogen-bond acceptors (Lipinski definition) is 5. The molecule has 0 saturated heterocycles. The molecule has 31 heavy (non-hydrogen) atoms. The molecule has 0 aliphatic heterocycles. The summed E-state index contributed by atoms with van der Waals surface area (Å²) in [4.78, 5) is 26.7. The monoisotopic (exact) mass is 455 g/mol. The molecule has 0 aliphatic carbocycles. The van der Waals surface area contributed by atoms with Gasteiger partial charge in [0.15, 0.2) is 17.3 Å². The van der Waals surface area contributed by atoms with Gasteiger partial charge in [0.2, 0.25) is 5.91 Å². The maximum atomic E-state index is 13.0. The van der Waals surface area contributed by atoms with E-state index in [1.54, 1.807) is 69.7 Å². The maximum absolute atomic E-state index is 13.0. The molecule has 0 aromatic heterocycles. The number of benzene rings is 3. The number of thioether (sulfide) groups is 1. The Balaban J connectivity index is 1.78. The Labute approximate surface area is 190 Å². The highest BCUT2D eigenvalue weighted by Crippen LogP contribution is 2.34. The number of carbonyl (C=O) groups excluding carboxylic acids is 2. The molecule has 3 aromatic rings. The zero-order valence-electron chi connectivity index (χ0n) is 17.3.